The molecule has 0 aliphatic carbocycles. The first-order chi connectivity index (χ1) is 5.11. The van der Waals surface area contributed by atoms with Crippen molar-refractivity contribution < 1.29 is 5.11 Å². The van der Waals surface area contributed by atoms with E-state index < -0.39 is 0 Å². The Kier molecular flexibility index (Phi) is 5.70. The second kappa shape index (κ2) is 5.40. The average Bonchev–Trinajstić information content (AvgIpc) is 1.85. The Morgan fingerprint density at radius 3 is 2.25 bits per heavy atom. The SMILES string of the molecule is Cc1ccc(C(C)C)c(O)c1.[K]. The molecule has 2 heteroatoms. The molecule has 0 saturated heterocycles. The van der Waals surface area contributed by atoms with Gasteiger partial charge in [-0.05, 0) is 30.0 Å². The van der Waals surface area contributed by atoms with Crippen LogP contribution < -0.4 is 0 Å². The first-order valence-corrected chi connectivity index (χ1v) is 3.91. The Morgan fingerprint density at radius 2 is 1.83 bits per heavy atom. The van der Waals surface area contributed by atoms with Crippen molar-refractivity contribution in [3.8, 4) is 5.75 Å². The quantitative estimate of drug-likeness (QED) is 0.673. The predicted molar refractivity (Wildman–Crippen MR) is 52.7 cm³/mol. The standard InChI is InChI=1S/C10H14O.K/c1-7(2)9-5-4-8(3)6-10(9)11;/h4-7,11H,1-3H3;. The topological polar surface area (TPSA) is 20.2 Å². The van der Waals surface area contributed by atoms with Crippen molar-refractivity contribution in [1.82, 2.24) is 0 Å². The summed E-state index contributed by atoms with van der Waals surface area (Å²) in [5.41, 5.74) is 2.13. The number of hydrogen-bond donors (Lipinski definition) is 1. The summed E-state index contributed by atoms with van der Waals surface area (Å²) in [6.45, 7) is 6.12. The van der Waals surface area contributed by atoms with Gasteiger partial charge in [-0.2, -0.15) is 0 Å². The van der Waals surface area contributed by atoms with Crippen molar-refractivity contribution >= 4 is 51.4 Å². The summed E-state index contributed by atoms with van der Waals surface area (Å²) in [4.78, 5) is 0. The first kappa shape index (κ1) is 12.7. The molecule has 0 aromatic heterocycles. The molecule has 0 unspecified atom stereocenters. The zero-order valence-corrected chi connectivity index (χ0v) is 11.4. The summed E-state index contributed by atoms with van der Waals surface area (Å²) in [6.07, 6.45) is 0. The van der Waals surface area contributed by atoms with Crippen LogP contribution in [0.15, 0.2) is 18.2 Å². The normalized spacial score (nSPS) is 9.67. The summed E-state index contributed by atoms with van der Waals surface area (Å²) < 4.78 is 0. The van der Waals surface area contributed by atoms with Gasteiger partial charge in [0, 0.05) is 51.4 Å². The maximum atomic E-state index is 9.46. The molecule has 0 spiro atoms. The average molecular weight is 189 g/mol. The molecule has 12 heavy (non-hydrogen) atoms. The van der Waals surface area contributed by atoms with Crippen molar-refractivity contribution in [2.75, 3.05) is 0 Å². The zero-order valence-electron chi connectivity index (χ0n) is 8.26. The predicted octanol–water partition coefficient (Wildman–Crippen LogP) is 2.44. The van der Waals surface area contributed by atoms with E-state index in [0.717, 1.165) is 11.1 Å². The fraction of sp³-hybridized carbons (Fsp3) is 0.400. The van der Waals surface area contributed by atoms with E-state index in [2.05, 4.69) is 13.8 Å². The summed E-state index contributed by atoms with van der Waals surface area (Å²) in [7, 11) is 0. The van der Waals surface area contributed by atoms with Crippen molar-refractivity contribution in [1.29, 1.82) is 0 Å². The van der Waals surface area contributed by atoms with E-state index in [0.29, 0.717) is 11.7 Å². The number of rotatable bonds is 1. The number of phenols is 1. The molecule has 0 aliphatic heterocycles. The fourth-order valence-corrected chi connectivity index (χ4v) is 1.14. The van der Waals surface area contributed by atoms with Crippen LogP contribution in [0.3, 0.4) is 0 Å². The Balaban J connectivity index is 0.00000121. The molecule has 0 heterocycles. The molecule has 0 atom stereocenters. The van der Waals surface area contributed by atoms with Crippen LogP contribution in [0.5, 0.6) is 5.75 Å². The molecule has 1 aromatic rings. The van der Waals surface area contributed by atoms with Crippen LogP contribution in [0.1, 0.15) is 30.9 Å². The molecule has 0 bridgehead atoms. The van der Waals surface area contributed by atoms with Crippen LogP contribution in [0, 0.1) is 6.92 Å². The third-order valence-corrected chi connectivity index (χ3v) is 1.81. The van der Waals surface area contributed by atoms with Gasteiger partial charge in [-0.3, -0.25) is 0 Å². The van der Waals surface area contributed by atoms with E-state index in [4.69, 9.17) is 0 Å². The van der Waals surface area contributed by atoms with Crippen LogP contribution >= 0.6 is 0 Å². The zero-order chi connectivity index (χ0) is 8.43. The maximum Gasteiger partial charge on any atom is 0.119 e. The molecule has 0 aliphatic rings. The van der Waals surface area contributed by atoms with Gasteiger partial charge in [0.15, 0.2) is 0 Å². The largest absolute Gasteiger partial charge is 0.508 e. The van der Waals surface area contributed by atoms with Crippen molar-refractivity contribution in [2.45, 2.75) is 26.7 Å². The van der Waals surface area contributed by atoms with Crippen LogP contribution in [-0.4, -0.2) is 56.5 Å². The Morgan fingerprint density at radius 1 is 1.25 bits per heavy atom. The second-order valence-corrected chi connectivity index (χ2v) is 3.22. The monoisotopic (exact) mass is 189 g/mol. The molecule has 1 rings (SSSR count). The minimum Gasteiger partial charge on any atom is -0.508 e. The maximum absolute atomic E-state index is 9.46. The molecule has 0 amide bonds. The van der Waals surface area contributed by atoms with Gasteiger partial charge in [-0.15, -0.1) is 0 Å². The van der Waals surface area contributed by atoms with E-state index in [1.807, 2.05) is 19.1 Å². The number of hydrogen-bond acceptors (Lipinski definition) is 1. The van der Waals surface area contributed by atoms with E-state index >= 15 is 0 Å². The van der Waals surface area contributed by atoms with Crippen LogP contribution in [0.25, 0.3) is 0 Å². The van der Waals surface area contributed by atoms with Crippen LogP contribution in [0.4, 0.5) is 0 Å². The van der Waals surface area contributed by atoms with E-state index in [-0.39, 0.29) is 51.4 Å². The van der Waals surface area contributed by atoms with Gasteiger partial charge >= 0.3 is 0 Å². The summed E-state index contributed by atoms with van der Waals surface area (Å²) in [5.74, 6) is 0.815. The summed E-state index contributed by atoms with van der Waals surface area (Å²) in [6, 6.07) is 5.81. The molecule has 61 valence electrons. The van der Waals surface area contributed by atoms with Crippen molar-refractivity contribution in [3.63, 3.8) is 0 Å². The number of phenolic OH excluding ortho intramolecular Hbond substituents is 1. The smallest absolute Gasteiger partial charge is 0.119 e. The van der Waals surface area contributed by atoms with E-state index in [1.165, 1.54) is 0 Å². The molecule has 1 radical (unpaired) electrons. The Hall–Kier alpha value is 0.656. The number of aromatic hydroxyl groups is 1. The van der Waals surface area contributed by atoms with Gasteiger partial charge in [0.05, 0.1) is 0 Å². The second-order valence-electron chi connectivity index (χ2n) is 3.22. The van der Waals surface area contributed by atoms with Gasteiger partial charge in [0.25, 0.3) is 0 Å². The van der Waals surface area contributed by atoms with E-state index in [1.54, 1.807) is 6.07 Å². The molecule has 1 N–H and O–H groups in total. The minimum atomic E-state index is 0. The van der Waals surface area contributed by atoms with Gasteiger partial charge in [0.2, 0.25) is 0 Å². The molecule has 1 nitrogen and oxygen atoms in total. The van der Waals surface area contributed by atoms with Crippen LogP contribution in [-0.2, 0) is 0 Å². The van der Waals surface area contributed by atoms with Gasteiger partial charge in [-0.25, -0.2) is 0 Å². The molecule has 1 aromatic carbocycles. The van der Waals surface area contributed by atoms with Crippen LogP contribution in [0.2, 0.25) is 0 Å². The summed E-state index contributed by atoms with van der Waals surface area (Å²) >= 11 is 0. The van der Waals surface area contributed by atoms with E-state index in [9.17, 15) is 5.11 Å². The van der Waals surface area contributed by atoms with Crippen molar-refractivity contribution in [2.24, 2.45) is 0 Å². The Labute approximate surface area is 117 Å². The molecule has 0 fully saturated rings. The molecule has 0 saturated carbocycles. The molecular weight excluding hydrogens is 175 g/mol. The third kappa shape index (κ3) is 3.19. The van der Waals surface area contributed by atoms with Gasteiger partial charge in [-0.1, -0.05) is 26.0 Å². The first-order valence-electron chi connectivity index (χ1n) is 3.91. The Bertz CT molecular complexity index is 256. The molecular formula is C10H14KO. The third-order valence-electron chi connectivity index (χ3n) is 1.81. The number of benzene rings is 1. The van der Waals surface area contributed by atoms with Gasteiger partial charge in [0.1, 0.15) is 5.75 Å². The minimum absolute atomic E-state index is 0. The van der Waals surface area contributed by atoms with Crippen molar-refractivity contribution in [3.05, 3.63) is 29.3 Å². The fourth-order valence-electron chi connectivity index (χ4n) is 1.14. The summed E-state index contributed by atoms with van der Waals surface area (Å²) in [5, 5.41) is 9.46. The van der Waals surface area contributed by atoms with Gasteiger partial charge < -0.3 is 5.11 Å². The number of aryl methyl sites for hydroxylation is 1.